The van der Waals surface area contributed by atoms with E-state index in [1.54, 1.807) is 18.2 Å². The fraction of sp³-hybridized carbons (Fsp3) is 0.250. The van der Waals surface area contributed by atoms with Gasteiger partial charge in [-0.1, -0.05) is 28.1 Å². The first-order valence-corrected chi connectivity index (χ1v) is 7.29. The lowest BCUT2D eigenvalue weighted by molar-refractivity contribution is 0.385. The zero-order chi connectivity index (χ0) is 15.4. The van der Waals surface area contributed by atoms with Crippen LogP contribution in [0.4, 0.5) is 8.78 Å². The van der Waals surface area contributed by atoms with Crippen molar-refractivity contribution in [3.05, 3.63) is 63.6 Å². The summed E-state index contributed by atoms with van der Waals surface area (Å²) in [4.78, 5) is 0. The Morgan fingerprint density at radius 2 is 1.95 bits per heavy atom. The number of methoxy groups -OCH3 is 1. The van der Waals surface area contributed by atoms with Crippen LogP contribution in [0.2, 0.25) is 0 Å². The summed E-state index contributed by atoms with van der Waals surface area (Å²) in [5.74, 6) is -0.458. The first-order valence-electron chi connectivity index (χ1n) is 6.49. The summed E-state index contributed by atoms with van der Waals surface area (Å²) < 4.78 is 32.3. The van der Waals surface area contributed by atoms with Crippen LogP contribution < -0.4 is 10.1 Å². The van der Waals surface area contributed by atoms with Gasteiger partial charge in [-0.2, -0.15) is 0 Å². The summed E-state index contributed by atoms with van der Waals surface area (Å²) in [7, 11) is 3.27. The van der Waals surface area contributed by atoms with Crippen molar-refractivity contribution >= 4 is 15.9 Å². The minimum absolute atomic E-state index is 0.0266. The van der Waals surface area contributed by atoms with Crippen molar-refractivity contribution in [2.24, 2.45) is 0 Å². The average molecular weight is 356 g/mol. The summed E-state index contributed by atoms with van der Waals surface area (Å²) in [6.45, 7) is 0. The highest BCUT2D eigenvalue weighted by Gasteiger charge is 2.14. The first-order chi connectivity index (χ1) is 10.0. The van der Waals surface area contributed by atoms with Gasteiger partial charge in [-0.05, 0) is 48.9 Å². The molecule has 0 aliphatic heterocycles. The van der Waals surface area contributed by atoms with E-state index in [0.29, 0.717) is 6.42 Å². The monoisotopic (exact) mass is 355 g/mol. The van der Waals surface area contributed by atoms with E-state index in [0.717, 1.165) is 15.6 Å². The van der Waals surface area contributed by atoms with Gasteiger partial charge in [0.15, 0.2) is 11.6 Å². The number of rotatable bonds is 5. The molecule has 1 unspecified atom stereocenters. The molecule has 0 heterocycles. The van der Waals surface area contributed by atoms with Crippen LogP contribution in [0.1, 0.15) is 17.2 Å². The molecule has 0 aromatic heterocycles. The zero-order valence-corrected chi connectivity index (χ0v) is 13.4. The summed E-state index contributed by atoms with van der Waals surface area (Å²) >= 11 is 3.36. The van der Waals surface area contributed by atoms with E-state index >= 15 is 0 Å². The Balaban J connectivity index is 2.27. The molecular weight excluding hydrogens is 340 g/mol. The standard InChI is InChI=1S/C16H16BrF2NO/c1-20-15(7-10-3-5-12(18)9-13(10)17)11-4-6-14(19)16(8-11)21-2/h3-6,8-9,15,20H,7H2,1-2H3. The Morgan fingerprint density at radius 1 is 1.19 bits per heavy atom. The molecule has 0 radical (unpaired) electrons. The first kappa shape index (κ1) is 15.9. The molecule has 0 bridgehead atoms. The smallest absolute Gasteiger partial charge is 0.165 e. The van der Waals surface area contributed by atoms with E-state index in [-0.39, 0.29) is 23.4 Å². The zero-order valence-electron chi connectivity index (χ0n) is 11.8. The predicted molar refractivity (Wildman–Crippen MR) is 82.6 cm³/mol. The highest BCUT2D eigenvalue weighted by molar-refractivity contribution is 9.10. The van der Waals surface area contributed by atoms with Crippen LogP contribution in [0.3, 0.4) is 0 Å². The van der Waals surface area contributed by atoms with Crippen molar-refractivity contribution in [2.45, 2.75) is 12.5 Å². The average Bonchev–Trinajstić information content (AvgIpc) is 2.47. The van der Waals surface area contributed by atoms with Crippen molar-refractivity contribution in [3.63, 3.8) is 0 Å². The lowest BCUT2D eigenvalue weighted by Crippen LogP contribution is -2.19. The number of ether oxygens (including phenoxy) is 1. The summed E-state index contributed by atoms with van der Waals surface area (Å²) in [6.07, 6.45) is 0.645. The number of likely N-dealkylation sites (N-methyl/N-ethyl adjacent to an activating group) is 1. The van der Waals surface area contributed by atoms with Gasteiger partial charge in [-0.25, -0.2) is 8.78 Å². The molecule has 0 aliphatic rings. The maximum Gasteiger partial charge on any atom is 0.165 e. The summed E-state index contributed by atoms with van der Waals surface area (Å²) in [6, 6.07) is 9.36. The Kier molecular flexibility index (Phi) is 5.31. The molecule has 2 rings (SSSR count). The van der Waals surface area contributed by atoms with Crippen molar-refractivity contribution in [1.82, 2.24) is 5.32 Å². The molecule has 0 amide bonds. The number of hydrogen-bond donors (Lipinski definition) is 1. The van der Waals surface area contributed by atoms with E-state index in [4.69, 9.17) is 4.74 Å². The lowest BCUT2D eigenvalue weighted by Gasteiger charge is -2.18. The number of nitrogens with one attached hydrogen (secondary N) is 1. The summed E-state index contributed by atoms with van der Waals surface area (Å²) in [5, 5.41) is 3.19. The molecule has 21 heavy (non-hydrogen) atoms. The molecule has 5 heteroatoms. The van der Waals surface area contributed by atoms with Crippen molar-refractivity contribution in [2.75, 3.05) is 14.2 Å². The normalized spacial score (nSPS) is 12.2. The van der Waals surface area contributed by atoms with Gasteiger partial charge >= 0.3 is 0 Å². The number of hydrogen-bond acceptors (Lipinski definition) is 2. The predicted octanol–water partition coefficient (Wildman–Crippen LogP) is 4.24. The molecule has 1 atom stereocenters. The fourth-order valence-corrected chi connectivity index (χ4v) is 2.70. The molecule has 2 aromatic rings. The molecule has 0 aliphatic carbocycles. The van der Waals surface area contributed by atoms with E-state index in [1.807, 2.05) is 7.05 Å². The number of benzene rings is 2. The summed E-state index contributed by atoms with van der Waals surface area (Å²) in [5.41, 5.74) is 1.88. The van der Waals surface area contributed by atoms with Crippen LogP contribution in [-0.4, -0.2) is 14.2 Å². The van der Waals surface area contributed by atoms with Crippen LogP contribution in [0, 0.1) is 11.6 Å². The second-order valence-corrected chi connectivity index (χ2v) is 5.53. The van der Waals surface area contributed by atoms with Crippen LogP contribution in [-0.2, 0) is 6.42 Å². The minimum Gasteiger partial charge on any atom is -0.494 e. The third kappa shape index (κ3) is 3.80. The second-order valence-electron chi connectivity index (χ2n) is 4.68. The molecule has 0 saturated heterocycles. The van der Waals surface area contributed by atoms with E-state index in [1.165, 1.54) is 25.3 Å². The second kappa shape index (κ2) is 7.00. The largest absolute Gasteiger partial charge is 0.494 e. The highest BCUT2D eigenvalue weighted by atomic mass is 79.9. The quantitative estimate of drug-likeness (QED) is 0.865. The SMILES string of the molecule is CNC(Cc1ccc(F)cc1Br)c1ccc(F)c(OC)c1. The molecule has 112 valence electrons. The molecule has 0 spiro atoms. The third-order valence-electron chi connectivity index (χ3n) is 3.37. The van der Waals surface area contributed by atoms with Crippen LogP contribution >= 0.6 is 15.9 Å². The molecule has 0 fully saturated rings. The van der Waals surface area contributed by atoms with E-state index in [2.05, 4.69) is 21.2 Å². The Morgan fingerprint density at radius 3 is 2.57 bits per heavy atom. The van der Waals surface area contributed by atoms with Crippen LogP contribution in [0.25, 0.3) is 0 Å². The highest BCUT2D eigenvalue weighted by Crippen LogP contribution is 2.27. The minimum atomic E-state index is -0.390. The van der Waals surface area contributed by atoms with Gasteiger partial charge in [0, 0.05) is 10.5 Å². The van der Waals surface area contributed by atoms with Crippen molar-refractivity contribution in [3.8, 4) is 5.75 Å². The fourth-order valence-electron chi connectivity index (χ4n) is 2.19. The van der Waals surface area contributed by atoms with Crippen LogP contribution in [0.15, 0.2) is 40.9 Å². The van der Waals surface area contributed by atoms with Crippen molar-refractivity contribution < 1.29 is 13.5 Å². The Labute approximate surface area is 131 Å². The Bertz CT molecular complexity index is 634. The van der Waals surface area contributed by atoms with Gasteiger partial charge < -0.3 is 10.1 Å². The third-order valence-corrected chi connectivity index (χ3v) is 4.10. The van der Waals surface area contributed by atoms with E-state index < -0.39 is 0 Å². The van der Waals surface area contributed by atoms with E-state index in [9.17, 15) is 8.78 Å². The van der Waals surface area contributed by atoms with Gasteiger partial charge in [0.05, 0.1) is 7.11 Å². The van der Waals surface area contributed by atoms with Crippen molar-refractivity contribution in [1.29, 1.82) is 0 Å². The molecule has 2 aromatic carbocycles. The Hall–Kier alpha value is -1.46. The van der Waals surface area contributed by atoms with Crippen LogP contribution in [0.5, 0.6) is 5.75 Å². The maximum atomic E-state index is 13.5. The van der Waals surface area contributed by atoms with Gasteiger partial charge in [-0.3, -0.25) is 0 Å². The molecular formula is C16H16BrF2NO. The van der Waals surface area contributed by atoms with Gasteiger partial charge in [0.1, 0.15) is 5.82 Å². The molecule has 2 nitrogen and oxygen atoms in total. The maximum absolute atomic E-state index is 13.5. The lowest BCUT2D eigenvalue weighted by atomic mass is 9.98. The van der Waals surface area contributed by atoms with Gasteiger partial charge in [-0.15, -0.1) is 0 Å². The van der Waals surface area contributed by atoms with Gasteiger partial charge in [0.2, 0.25) is 0 Å². The number of halogens is 3. The van der Waals surface area contributed by atoms with Gasteiger partial charge in [0.25, 0.3) is 0 Å². The molecule has 0 saturated carbocycles. The molecule has 1 N–H and O–H groups in total. The topological polar surface area (TPSA) is 21.3 Å².